The normalized spacial score (nSPS) is 11.8. The van der Waals surface area contributed by atoms with Crippen LogP contribution in [0.1, 0.15) is 39.3 Å². The number of rotatable bonds is 5. The van der Waals surface area contributed by atoms with Gasteiger partial charge >= 0.3 is 0 Å². The summed E-state index contributed by atoms with van der Waals surface area (Å²) in [5, 5.41) is 9.34. The van der Waals surface area contributed by atoms with E-state index in [1.54, 1.807) is 0 Å². The van der Waals surface area contributed by atoms with E-state index in [1.807, 2.05) is 38.1 Å². The lowest BCUT2D eigenvalue weighted by molar-refractivity contribution is 0.470. The second kappa shape index (κ2) is 6.40. The van der Waals surface area contributed by atoms with Gasteiger partial charge in [0.15, 0.2) is 0 Å². The van der Waals surface area contributed by atoms with Gasteiger partial charge in [-0.2, -0.15) is 0 Å². The molecule has 0 aromatic heterocycles. The minimum atomic E-state index is 0.0487. The van der Waals surface area contributed by atoms with Crippen LogP contribution in [0.4, 0.5) is 0 Å². The van der Waals surface area contributed by atoms with Crippen molar-refractivity contribution in [2.45, 2.75) is 26.7 Å². The van der Waals surface area contributed by atoms with Crippen LogP contribution < -0.4 is 0 Å². The second-order valence-corrected chi connectivity index (χ2v) is 6.39. The van der Waals surface area contributed by atoms with Gasteiger partial charge < -0.3 is 10.2 Å². The summed E-state index contributed by atoms with van der Waals surface area (Å²) in [7, 11) is 0. The van der Waals surface area contributed by atoms with Crippen molar-refractivity contribution in [2.24, 2.45) is 0 Å². The Balaban J connectivity index is 2.15. The lowest BCUT2D eigenvalue weighted by Gasteiger charge is -2.20. The molecule has 3 rings (SSSR count). The van der Waals surface area contributed by atoms with E-state index in [9.17, 15) is 0 Å². The molecule has 0 spiro atoms. The van der Waals surface area contributed by atoms with Crippen molar-refractivity contribution in [1.82, 2.24) is 0 Å². The number of benzene rings is 3. The Kier molecular flexibility index (Phi) is 3.65. The maximum atomic E-state index is 7.16. The molecule has 2 N–H and O–H groups in total. The largest absolute Gasteiger partial charge is 0.508 e. The SMILES string of the molecule is [2H]Oc1ccc(C(c2ccc(C)cc2)c2ccc(O[2H])c(C)c2)cc1C. The van der Waals surface area contributed by atoms with Crippen LogP contribution in [0, 0.1) is 20.8 Å². The maximum Gasteiger partial charge on any atom is 0.293 e. The van der Waals surface area contributed by atoms with E-state index in [4.69, 9.17) is 2.86 Å². The van der Waals surface area contributed by atoms with Crippen molar-refractivity contribution in [1.29, 1.82) is 2.86 Å². The van der Waals surface area contributed by atoms with Crippen LogP contribution in [0.2, 0.25) is 0 Å². The molecule has 2 heteroatoms. The van der Waals surface area contributed by atoms with Crippen molar-refractivity contribution in [3.63, 3.8) is 0 Å². The zero-order valence-electron chi connectivity index (χ0n) is 16.2. The first-order valence-electron chi connectivity index (χ1n) is 8.89. The quantitative estimate of drug-likeness (QED) is 0.634. The first-order valence-corrected chi connectivity index (χ1v) is 8.07. The van der Waals surface area contributed by atoms with Crippen LogP contribution in [0.25, 0.3) is 0 Å². The molecule has 122 valence electrons. The van der Waals surface area contributed by atoms with E-state index >= 15 is 0 Å². The van der Waals surface area contributed by atoms with Gasteiger partial charge in [0.2, 0.25) is 0 Å². The third-order valence-electron chi connectivity index (χ3n) is 4.48. The Bertz CT molecular complexity index is 851. The molecule has 0 aliphatic heterocycles. The van der Waals surface area contributed by atoms with Crippen LogP contribution in [-0.2, 0) is 0 Å². The van der Waals surface area contributed by atoms with Gasteiger partial charge in [-0.25, -0.2) is 0 Å². The van der Waals surface area contributed by atoms with Crippen molar-refractivity contribution in [2.75, 3.05) is 0 Å². The Labute approximate surface area is 146 Å². The van der Waals surface area contributed by atoms with Crippen molar-refractivity contribution in [3.8, 4) is 11.5 Å². The summed E-state index contributed by atoms with van der Waals surface area (Å²) in [5.41, 5.74) is 6.52. The summed E-state index contributed by atoms with van der Waals surface area (Å²) in [4.78, 5) is 0. The molecule has 2 nitrogen and oxygen atoms in total. The minimum absolute atomic E-state index is 0.0487. The van der Waals surface area contributed by atoms with E-state index in [0.717, 1.165) is 22.3 Å². The molecule has 0 aliphatic carbocycles. The number of phenolic OH excluding ortho intramolecular Hbond substituents is 2. The average Bonchev–Trinajstić information content (AvgIpc) is 2.64. The zero-order valence-corrected chi connectivity index (χ0v) is 14.2. The zero-order chi connectivity index (χ0) is 18.7. The van der Waals surface area contributed by atoms with E-state index in [2.05, 4.69) is 53.5 Å². The molecule has 3 aromatic rings. The number of phenols is 2. The summed E-state index contributed by atoms with van der Waals surface area (Å²) in [6, 6.07) is 20.4. The molecule has 24 heavy (non-hydrogen) atoms. The number of aromatic hydroxyl groups is 2. The second-order valence-electron chi connectivity index (χ2n) is 6.39. The highest BCUT2D eigenvalue weighted by Gasteiger charge is 2.18. The molecule has 0 radical (unpaired) electrons. The molecule has 0 saturated heterocycles. The summed E-state index contributed by atoms with van der Waals surface area (Å²) < 4.78 is 14.3. The molecule has 0 aliphatic rings. The number of aryl methyl sites for hydroxylation is 3. The molecule has 0 saturated carbocycles. The van der Waals surface area contributed by atoms with Gasteiger partial charge in [-0.3, -0.25) is 0 Å². The molecule has 0 atom stereocenters. The molecule has 0 unspecified atom stereocenters. The Morgan fingerprint density at radius 2 is 1.12 bits per heavy atom. The van der Waals surface area contributed by atoms with Gasteiger partial charge in [0.25, 0.3) is 2.86 Å². The lowest BCUT2D eigenvalue weighted by atomic mass is 9.83. The number of hydrogen-bond acceptors (Lipinski definition) is 2. The van der Waals surface area contributed by atoms with Gasteiger partial charge in [0, 0.05) is 5.92 Å². The van der Waals surface area contributed by atoms with Crippen LogP contribution in [0.15, 0.2) is 60.7 Å². The fourth-order valence-electron chi connectivity index (χ4n) is 3.04. The fraction of sp³-hybridized carbons (Fsp3) is 0.182. The smallest absolute Gasteiger partial charge is 0.293 e. The van der Waals surface area contributed by atoms with E-state index in [-0.39, 0.29) is 5.92 Å². The molecular formula is C22H22O2. The van der Waals surface area contributed by atoms with Crippen molar-refractivity contribution >= 4 is 0 Å². The van der Waals surface area contributed by atoms with Gasteiger partial charge in [0.1, 0.15) is 11.5 Å². The van der Waals surface area contributed by atoms with Crippen LogP contribution in [0.3, 0.4) is 0 Å². The molecular weight excluding hydrogens is 296 g/mol. The van der Waals surface area contributed by atoms with Crippen molar-refractivity contribution < 1.29 is 10.2 Å². The Morgan fingerprint density at radius 1 is 0.667 bits per heavy atom. The van der Waals surface area contributed by atoms with Gasteiger partial charge in [0.05, 0.1) is 0 Å². The van der Waals surface area contributed by atoms with Crippen molar-refractivity contribution in [3.05, 3.63) is 94.0 Å². The molecule has 0 bridgehead atoms. The van der Waals surface area contributed by atoms with Crippen LogP contribution in [-0.4, -0.2) is 13.1 Å². The topological polar surface area (TPSA) is 40.5 Å². The van der Waals surface area contributed by atoms with E-state index in [0.29, 0.717) is 11.5 Å². The van der Waals surface area contributed by atoms with E-state index in [1.165, 1.54) is 11.1 Å². The maximum absolute atomic E-state index is 7.16. The summed E-state index contributed by atoms with van der Waals surface area (Å²) in [5.74, 6) is 1.17. The summed E-state index contributed by atoms with van der Waals surface area (Å²) in [6.07, 6.45) is 0. The first-order chi connectivity index (χ1) is 12.5. The fourth-order valence-corrected chi connectivity index (χ4v) is 3.04. The van der Waals surface area contributed by atoms with Gasteiger partial charge in [-0.15, -0.1) is 0 Å². The first kappa shape index (κ1) is 13.7. The predicted octanol–water partition coefficient (Wildman–Crippen LogP) is 5.20. The summed E-state index contributed by atoms with van der Waals surface area (Å²) >= 11 is 0. The highest BCUT2D eigenvalue weighted by atomic mass is 16.3. The third kappa shape index (κ3) is 3.13. The predicted molar refractivity (Wildman–Crippen MR) is 97.8 cm³/mol. The molecule has 0 fully saturated rings. The van der Waals surface area contributed by atoms with Gasteiger partial charge in [-0.05, 0) is 60.7 Å². The number of hydrogen-bond donors (Lipinski definition) is 2. The summed E-state index contributed by atoms with van der Waals surface area (Å²) in [6.45, 7) is 5.97. The molecule has 0 heterocycles. The monoisotopic (exact) mass is 320 g/mol. The van der Waals surface area contributed by atoms with Crippen LogP contribution in [0.5, 0.6) is 11.5 Å². The third-order valence-corrected chi connectivity index (χ3v) is 4.48. The lowest BCUT2D eigenvalue weighted by Crippen LogP contribution is -2.04. The van der Waals surface area contributed by atoms with Crippen LogP contribution >= 0.6 is 0 Å². The Morgan fingerprint density at radius 3 is 1.54 bits per heavy atom. The molecule has 3 aromatic carbocycles. The minimum Gasteiger partial charge on any atom is -0.508 e. The Hall–Kier alpha value is -2.74. The standard InChI is InChI=1S/C22H22O2/c1-14-4-6-17(7-5-14)22(18-8-10-20(23)15(2)12-18)19-9-11-21(24)16(3)13-19/h4-13,22-24H,1-3H3/i/hD2. The molecule has 0 amide bonds. The van der Waals surface area contributed by atoms with E-state index < -0.39 is 0 Å². The average molecular weight is 320 g/mol. The van der Waals surface area contributed by atoms with Gasteiger partial charge in [-0.1, -0.05) is 54.1 Å². The highest BCUT2D eigenvalue weighted by molar-refractivity contribution is 5.49. The highest BCUT2D eigenvalue weighted by Crippen LogP contribution is 2.35.